The number of esters is 1. The molecule has 3 rings (SSSR count). The molecule has 0 aliphatic heterocycles. The predicted octanol–water partition coefficient (Wildman–Crippen LogP) is 2.59. The molecule has 0 unspecified atom stereocenters. The van der Waals surface area contributed by atoms with Crippen LogP contribution in [0.4, 0.5) is 0 Å². The molecule has 0 saturated heterocycles. The van der Waals surface area contributed by atoms with Crippen LogP contribution >= 0.6 is 0 Å². The minimum Gasteiger partial charge on any atom is -0.466 e. The highest BCUT2D eigenvalue weighted by Crippen LogP contribution is 2.18. The van der Waals surface area contributed by atoms with Crippen LogP contribution in [0.25, 0.3) is 22.3 Å². The van der Waals surface area contributed by atoms with Crippen molar-refractivity contribution in [1.82, 2.24) is 9.55 Å². The highest BCUT2D eigenvalue weighted by molar-refractivity contribution is 5.95. The number of benzene rings is 2. The maximum Gasteiger partial charge on any atom is 0.313 e. The van der Waals surface area contributed by atoms with E-state index in [2.05, 4.69) is 4.98 Å². The smallest absolute Gasteiger partial charge is 0.313 e. The van der Waals surface area contributed by atoms with Crippen molar-refractivity contribution in [2.75, 3.05) is 6.61 Å². The standard InChI is InChI=1S/C20H18N2O4/c1-2-26-18(24)12-15(23)13-22-19(14-8-4-3-5-9-14)21-17-11-7-6-10-16(17)20(22)25/h3-11H,2,12-13H2,1H3. The van der Waals surface area contributed by atoms with E-state index in [0.717, 1.165) is 5.56 Å². The Morgan fingerprint density at radius 1 is 1.04 bits per heavy atom. The number of aromatic nitrogens is 2. The van der Waals surface area contributed by atoms with Gasteiger partial charge in [-0.25, -0.2) is 4.98 Å². The van der Waals surface area contributed by atoms with Gasteiger partial charge in [-0.05, 0) is 19.1 Å². The van der Waals surface area contributed by atoms with E-state index in [1.165, 1.54) is 4.57 Å². The summed E-state index contributed by atoms with van der Waals surface area (Å²) in [6.07, 6.45) is -0.374. The Hall–Kier alpha value is -3.28. The van der Waals surface area contributed by atoms with Crippen LogP contribution in [0.3, 0.4) is 0 Å². The summed E-state index contributed by atoms with van der Waals surface area (Å²) in [6, 6.07) is 16.2. The number of hydrogen-bond acceptors (Lipinski definition) is 5. The van der Waals surface area contributed by atoms with E-state index in [4.69, 9.17) is 4.74 Å². The van der Waals surface area contributed by atoms with Crippen molar-refractivity contribution in [1.29, 1.82) is 0 Å². The average Bonchev–Trinajstić information content (AvgIpc) is 2.65. The Kier molecular flexibility index (Phi) is 5.22. The van der Waals surface area contributed by atoms with Gasteiger partial charge in [-0.2, -0.15) is 0 Å². The lowest BCUT2D eigenvalue weighted by Crippen LogP contribution is -2.28. The Labute approximate surface area is 150 Å². The SMILES string of the molecule is CCOC(=O)CC(=O)Cn1c(-c2ccccc2)nc2ccccc2c1=O. The molecule has 0 bridgehead atoms. The maximum absolute atomic E-state index is 12.9. The normalized spacial score (nSPS) is 10.7. The van der Waals surface area contributed by atoms with Gasteiger partial charge >= 0.3 is 5.97 Å². The minimum absolute atomic E-state index is 0.207. The fraction of sp³-hybridized carbons (Fsp3) is 0.200. The number of nitrogens with zero attached hydrogens (tertiary/aromatic N) is 2. The van der Waals surface area contributed by atoms with Crippen molar-refractivity contribution >= 4 is 22.7 Å². The summed E-state index contributed by atoms with van der Waals surface area (Å²) in [7, 11) is 0. The van der Waals surface area contributed by atoms with Crippen molar-refractivity contribution in [3.8, 4) is 11.4 Å². The van der Waals surface area contributed by atoms with Gasteiger partial charge in [-0.3, -0.25) is 19.0 Å². The summed E-state index contributed by atoms with van der Waals surface area (Å²) in [5.41, 5.74) is 0.969. The Morgan fingerprint density at radius 3 is 2.46 bits per heavy atom. The summed E-state index contributed by atoms with van der Waals surface area (Å²) in [5, 5.41) is 0.427. The van der Waals surface area contributed by atoms with Gasteiger partial charge < -0.3 is 4.74 Å². The molecule has 0 aliphatic rings. The number of ether oxygens (including phenoxy) is 1. The lowest BCUT2D eigenvalue weighted by molar-refractivity contribution is -0.145. The summed E-state index contributed by atoms with van der Waals surface area (Å²) in [4.78, 5) is 41.3. The van der Waals surface area contributed by atoms with Gasteiger partial charge in [0.25, 0.3) is 5.56 Å². The van der Waals surface area contributed by atoms with Crippen LogP contribution in [-0.4, -0.2) is 27.9 Å². The van der Waals surface area contributed by atoms with E-state index in [-0.39, 0.29) is 25.1 Å². The fourth-order valence-corrected chi connectivity index (χ4v) is 2.73. The van der Waals surface area contributed by atoms with Crippen LogP contribution in [0.2, 0.25) is 0 Å². The third-order valence-corrected chi connectivity index (χ3v) is 3.87. The van der Waals surface area contributed by atoms with Crippen LogP contribution < -0.4 is 5.56 Å². The molecule has 0 spiro atoms. The molecule has 132 valence electrons. The van der Waals surface area contributed by atoms with E-state index in [9.17, 15) is 14.4 Å². The number of carbonyl (C=O) groups is 2. The summed E-state index contributed by atoms with van der Waals surface area (Å²) < 4.78 is 6.12. The number of para-hydroxylation sites is 1. The molecule has 3 aromatic rings. The molecule has 0 N–H and O–H groups in total. The van der Waals surface area contributed by atoms with Gasteiger partial charge in [-0.1, -0.05) is 42.5 Å². The van der Waals surface area contributed by atoms with Crippen molar-refractivity contribution < 1.29 is 14.3 Å². The molecule has 6 heteroatoms. The summed E-state index contributed by atoms with van der Waals surface area (Å²) in [5.74, 6) is -0.605. The molecular formula is C20H18N2O4. The lowest BCUT2D eigenvalue weighted by Gasteiger charge is -2.13. The van der Waals surface area contributed by atoms with Crippen molar-refractivity contribution in [3.63, 3.8) is 0 Å². The molecule has 0 amide bonds. The number of ketones is 1. The first kappa shape index (κ1) is 17.5. The number of hydrogen-bond donors (Lipinski definition) is 0. The summed E-state index contributed by atoms with van der Waals surface area (Å²) >= 11 is 0. The van der Waals surface area contributed by atoms with Gasteiger partial charge in [0, 0.05) is 5.56 Å². The van der Waals surface area contributed by atoms with Crippen LogP contribution in [-0.2, 0) is 20.9 Å². The van der Waals surface area contributed by atoms with Gasteiger partial charge in [0.15, 0.2) is 5.78 Å². The van der Waals surface area contributed by atoms with Crippen LogP contribution in [0.15, 0.2) is 59.4 Å². The largest absolute Gasteiger partial charge is 0.466 e. The van der Waals surface area contributed by atoms with E-state index in [1.54, 1.807) is 31.2 Å². The van der Waals surface area contributed by atoms with Gasteiger partial charge in [0.1, 0.15) is 12.2 Å². The average molecular weight is 350 g/mol. The Morgan fingerprint density at radius 2 is 1.73 bits per heavy atom. The van der Waals surface area contributed by atoms with E-state index < -0.39 is 11.8 Å². The van der Waals surface area contributed by atoms with E-state index in [0.29, 0.717) is 16.7 Å². The van der Waals surface area contributed by atoms with Gasteiger partial charge in [0.2, 0.25) is 0 Å². The Balaban J connectivity index is 2.07. The molecule has 0 saturated carbocycles. The minimum atomic E-state index is -0.597. The number of carbonyl (C=O) groups excluding carboxylic acids is 2. The molecule has 1 aromatic heterocycles. The Bertz CT molecular complexity index is 1010. The van der Waals surface area contributed by atoms with Crippen molar-refractivity contribution in [2.45, 2.75) is 19.9 Å². The third-order valence-electron chi connectivity index (χ3n) is 3.87. The first-order valence-corrected chi connectivity index (χ1v) is 8.32. The predicted molar refractivity (Wildman–Crippen MR) is 97.7 cm³/mol. The highest BCUT2D eigenvalue weighted by atomic mass is 16.5. The molecule has 1 heterocycles. The molecule has 0 radical (unpaired) electrons. The van der Waals surface area contributed by atoms with Crippen LogP contribution in [0.5, 0.6) is 0 Å². The summed E-state index contributed by atoms with van der Waals surface area (Å²) in [6.45, 7) is 1.65. The molecule has 2 aromatic carbocycles. The van der Waals surface area contributed by atoms with Crippen LogP contribution in [0.1, 0.15) is 13.3 Å². The molecular weight excluding hydrogens is 332 g/mol. The molecule has 0 atom stereocenters. The quantitative estimate of drug-likeness (QED) is 0.504. The second-order valence-electron chi connectivity index (χ2n) is 5.73. The fourth-order valence-electron chi connectivity index (χ4n) is 2.73. The van der Waals surface area contributed by atoms with Gasteiger partial charge in [-0.15, -0.1) is 0 Å². The zero-order valence-corrected chi connectivity index (χ0v) is 14.3. The van der Waals surface area contributed by atoms with Crippen molar-refractivity contribution in [3.05, 3.63) is 65.0 Å². The van der Waals surface area contributed by atoms with E-state index in [1.807, 2.05) is 30.3 Å². The zero-order chi connectivity index (χ0) is 18.5. The molecule has 6 nitrogen and oxygen atoms in total. The molecule has 0 aliphatic carbocycles. The topological polar surface area (TPSA) is 78.3 Å². The van der Waals surface area contributed by atoms with Crippen LogP contribution in [0, 0.1) is 0 Å². The van der Waals surface area contributed by atoms with E-state index >= 15 is 0 Å². The number of Topliss-reactive ketones (excluding diaryl/α,β-unsaturated/α-hetero) is 1. The number of fused-ring (bicyclic) bond motifs is 1. The van der Waals surface area contributed by atoms with Gasteiger partial charge in [0.05, 0.1) is 24.1 Å². The number of rotatable bonds is 6. The molecule has 0 fully saturated rings. The first-order valence-electron chi connectivity index (χ1n) is 8.32. The maximum atomic E-state index is 12.9. The third kappa shape index (κ3) is 3.69. The van der Waals surface area contributed by atoms with Crippen molar-refractivity contribution in [2.24, 2.45) is 0 Å². The monoisotopic (exact) mass is 350 g/mol. The first-order chi connectivity index (χ1) is 12.6. The second kappa shape index (κ2) is 7.74. The second-order valence-corrected chi connectivity index (χ2v) is 5.73. The highest BCUT2D eigenvalue weighted by Gasteiger charge is 2.17. The molecule has 26 heavy (non-hydrogen) atoms. The lowest BCUT2D eigenvalue weighted by atomic mass is 10.1. The zero-order valence-electron chi connectivity index (χ0n) is 14.3.